The van der Waals surface area contributed by atoms with Gasteiger partial charge >= 0.3 is 5.97 Å². The maximum Gasteiger partial charge on any atom is 0.335 e. The number of carboxylic acids is 1. The number of hydrogen-bond donors (Lipinski definition) is 1. The molecule has 5 heterocycles. The molecule has 10 heteroatoms. The van der Waals surface area contributed by atoms with Crippen LogP contribution in [0.15, 0.2) is 54.7 Å². The van der Waals surface area contributed by atoms with E-state index in [4.69, 9.17) is 30.8 Å². The van der Waals surface area contributed by atoms with Crippen LogP contribution >= 0.6 is 11.6 Å². The second kappa shape index (κ2) is 10.4. The molecule has 206 valence electrons. The molecule has 2 atom stereocenters. The van der Waals surface area contributed by atoms with E-state index in [-0.39, 0.29) is 11.7 Å². The number of aromatic nitrogens is 3. The number of aromatic carboxylic acids is 1. The fourth-order valence-electron chi connectivity index (χ4n) is 5.83. The summed E-state index contributed by atoms with van der Waals surface area (Å²) in [7, 11) is 0. The van der Waals surface area contributed by atoms with Crippen LogP contribution in [0, 0.1) is 0 Å². The van der Waals surface area contributed by atoms with Gasteiger partial charge in [-0.15, -0.1) is 0 Å². The van der Waals surface area contributed by atoms with Crippen molar-refractivity contribution in [3.05, 3.63) is 82.4 Å². The molecule has 2 aromatic carbocycles. The fraction of sp³-hybridized carbons (Fsp3) is 0.367. The summed E-state index contributed by atoms with van der Waals surface area (Å²) in [5, 5.41) is 10.1. The van der Waals surface area contributed by atoms with Gasteiger partial charge in [-0.3, -0.25) is 9.88 Å². The molecule has 1 N–H and O–H groups in total. The van der Waals surface area contributed by atoms with Crippen molar-refractivity contribution in [1.82, 2.24) is 19.4 Å². The smallest absolute Gasteiger partial charge is 0.335 e. The van der Waals surface area contributed by atoms with E-state index in [2.05, 4.69) is 20.5 Å². The maximum atomic E-state index is 11.6. The standard InChI is InChI=1S/C30H29ClN4O5/c31-20-5-7-24(32-15-20)30-39-26-3-1-2-22(28(26)40-30)18-8-11-34(12-9-18)17-27-33-23-6-4-19(29(36)37)14-25(23)35(27)16-21-10-13-38-21/h1-7,14-15,18,21,30H,8-13,16-17H2,(H,36,37). The average Bonchev–Trinajstić information content (AvgIpc) is 3.52. The Morgan fingerprint density at radius 3 is 2.65 bits per heavy atom. The van der Waals surface area contributed by atoms with Crippen molar-refractivity contribution in [1.29, 1.82) is 0 Å². The molecule has 0 saturated carbocycles. The molecule has 2 unspecified atom stereocenters. The minimum absolute atomic E-state index is 0.143. The van der Waals surface area contributed by atoms with E-state index in [0.29, 0.717) is 29.7 Å². The van der Waals surface area contributed by atoms with Crippen molar-refractivity contribution in [2.45, 2.75) is 50.7 Å². The molecular weight excluding hydrogens is 532 g/mol. The third-order valence-corrected chi connectivity index (χ3v) is 8.33. The third kappa shape index (κ3) is 4.78. The second-order valence-electron chi connectivity index (χ2n) is 10.6. The predicted molar refractivity (Wildman–Crippen MR) is 148 cm³/mol. The third-order valence-electron chi connectivity index (χ3n) is 8.11. The summed E-state index contributed by atoms with van der Waals surface area (Å²) >= 11 is 5.99. The summed E-state index contributed by atoms with van der Waals surface area (Å²) in [6.45, 7) is 3.99. The number of fused-ring (bicyclic) bond motifs is 2. The zero-order valence-corrected chi connectivity index (χ0v) is 22.6. The van der Waals surface area contributed by atoms with Crippen LogP contribution in [0.2, 0.25) is 5.02 Å². The SMILES string of the molecule is O=C(O)c1ccc2nc(CN3CCC(c4cccc5c4OC(c4ccc(Cl)cn4)O5)CC3)n(CC3CCO3)c2c1. The van der Waals surface area contributed by atoms with Crippen LogP contribution in [0.25, 0.3) is 11.0 Å². The van der Waals surface area contributed by atoms with E-state index in [1.165, 1.54) is 5.56 Å². The first-order valence-electron chi connectivity index (χ1n) is 13.7. The highest BCUT2D eigenvalue weighted by atomic mass is 35.5. The van der Waals surface area contributed by atoms with Crippen LogP contribution in [0.1, 0.15) is 58.9 Å². The number of likely N-dealkylation sites (tertiary alicyclic amines) is 1. The first kappa shape index (κ1) is 25.3. The molecule has 0 amide bonds. The number of rotatable bonds is 7. The zero-order chi connectivity index (χ0) is 27.2. The summed E-state index contributed by atoms with van der Waals surface area (Å²) in [5.74, 6) is 1.92. The number of halogens is 1. The Morgan fingerprint density at radius 1 is 1.07 bits per heavy atom. The first-order chi connectivity index (χ1) is 19.5. The molecule has 0 radical (unpaired) electrons. The topological polar surface area (TPSA) is 98.9 Å². The number of carboxylic acid groups (broad SMARTS) is 1. The number of piperidine rings is 1. The van der Waals surface area contributed by atoms with Crippen molar-refractivity contribution >= 4 is 28.6 Å². The Balaban J connectivity index is 1.06. The van der Waals surface area contributed by atoms with Gasteiger partial charge in [0.1, 0.15) is 11.5 Å². The molecule has 2 saturated heterocycles. The van der Waals surface area contributed by atoms with Crippen LogP contribution in [0.5, 0.6) is 11.5 Å². The lowest BCUT2D eigenvalue weighted by molar-refractivity contribution is -0.0592. The molecular formula is C30H29ClN4O5. The van der Waals surface area contributed by atoms with E-state index >= 15 is 0 Å². The molecule has 2 fully saturated rings. The highest BCUT2D eigenvalue weighted by Gasteiger charge is 2.33. The van der Waals surface area contributed by atoms with E-state index < -0.39 is 12.3 Å². The Labute approximate surface area is 236 Å². The number of ether oxygens (including phenoxy) is 3. The fourth-order valence-corrected chi connectivity index (χ4v) is 5.94. The molecule has 4 aromatic rings. The molecule has 0 bridgehead atoms. The van der Waals surface area contributed by atoms with Gasteiger partial charge < -0.3 is 23.9 Å². The van der Waals surface area contributed by atoms with Gasteiger partial charge in [0.05, 0.1) is 40.8 Å². The number of nitrogens with zero attached hydrogens (tertiary/aromatic N) is 4. The number of hydrogen-bond acceptors (Lipinski definition) is 7. The molecule has 3 aliphatic rings. The number of imidazole rings is 1. The summed E-state index contributed by atoms with van der Waals surface area (Å²) in [5.41, 5.74) is 3.79. The minimum atomic E-state index is -0.935. The molecule has 9 nitrogen and oxygen atoms in total. The van der Waals surface area contributed by atoms with Gasteiger partial charge in [0.15, 0.2) is 11.5 Å². The first-order valence-corrected chi connectivity index (χ1v) is 14.0. The lowest BCUT2D eigenvalue weighted by atomic mass is 9.88. The largest absolute Gasteiger partial charge is 0.478 e. The van der Waals surface area contributed by atoms with Gasteiger partial charge in [-0.05, 0) is 74.7 Å². The van der Waals surface area contributed by atoms with Crippen molar-refractivity contribution in [2.24, 2.45) is 0 Å². The molecule has 2 aromatic heterocycles. The lowest BCUT2D eigenvalue weighted by Crippen LogP contribution is -2.35. The summed E-state index contributed by atoms with van der Waals surface area (Å²) < 4.78 is 20.2. The molecule has 3 aliphatic heterocycles. The van der Waals surface area contributed by atoms with E-state index in [0.717, 1.165) is 67.3 Å². The summed E-state index contributed by atoms with van der Waals surface area (Å²) in [6.07, 6.45) is 4.14. The summed E-state index contributed by atoms with van der Waals surface area (Å²) in [6, 6.07) is 14.9. The molecule has 7 rings (SSSR count). The van der Waals surface area contributed by atoms with E-state index in [1.807, 2.05) is 18.2 Å². The molecule has 0 aliphatic carbocycles. The quantitative estimate of drug-likeness (QED) is 0.320. The Kier molecular flexibility index (Phi) is 6.57. The maximum absolute atomic E-state index is 11.6. The predicted octanol–water partition coefficient (Wildman–Crippen LogP) is 5.42. The van der Waals surface area contributed by atoms with Crippen molar-refractivity contribution in [3.8, 4) is 11.5 Å². The minimum Gasteiger partial charge on any atom is -0.478 e. The number of carbonyl (C=O) groups is 1. The number of para-hydroxylation sites is 1. The van der Waals surface area contributed by atoms with E-state index in [1.54, 1.807) is 30.5 Å². The number of benzene rings is 2. The summed E-state index contributed by atoms with van der Waals surface area (Å²) in [4.78, 5) is 23.3. The molecule has 0 spiro atoms. The Morgan fingerprint density at radius 2 is 1.93 bits per heavy atom. The monoisotopic (exact) mass is 560 g/mol. The van der Waals surface area contributed by atoms with Crippen LogP contribution in [0.3, 0.4) is 0 Å². The van der Waals surface area contributed by atoms with Crippen molar-refractivity contribution < 1.29 is 24.1 Å². The van der Waals surface area contributed by atoms with Gasteiger partial charge in [0, 0.05) is 18.4 Å². The van der Waals surface area contributed by atoms with Gasteiger partial charge in [-0.1, -0.05) is 23.7 Å². The highest BCUT2D eigenvalue weighted by Crippen LogP contribution is 2.47. The average molecular weight is 561 g/mol. The van der Waals surface area contributed by atoms with Gasteiger partial charge in [0.2, 0.25) is 0 Å². The van der Waals surface area contributed by atoms with Crippen LogP contribution in [-0.4, -0.2) is 56.3 Å². The van der Waals surface area contributed by atoms with Crippen LogP contribution in [-0.2, 0) is 17.8 Å². The van der Waals surface area contributed by atoms with Crippen molar-refractivity contribution in [2.75, 3.05) is 19.7 Å². The highest BCUT2D eigenvalue weighted by molar-refractivity contribution is 6.30. The molecule has 40 heavy (non-hydrogen) atoms. The zero-order valence-electron chi connectivity index (χ0n) is 21.8. The number of pyridine rings is 1. The van der Waals surface area contributed by atoms with E-state index in [9.17, 15) is 9.90 Å². The van der Waals surface area contributed by atoms with Crippen LogP contribution in [0.4, 0.5) is 0 Å². The van der Waals surface area contributed by atoms with Crippen molar-refractivity contribution in [3.63, 3.8) is 0 Å². The van der Waals surface area contributed by atoms with Crippen LogP contribution < -0.4 is 9.47 Å². The van der Waals surface area contributed by atoms with Gasteiger partial charge in [-0.25, -0.2) is 9.78 Å². The normalized spacial score (nSPS) is 21.0. The second-order valence-corrected chi connectivity index (χ2v) is 11.1. The van der Waals surface area contributed by atoms with Gasteiger partial charge in [-0.2, -0.15) is 0 Å². The van der Waals surface area contributed by atoms with Gasteiger partial charge in [0.25, 0.3) is 6.29 Å². The lowest BCUT2D eigenvalue weighted by Gasteiger charge is -2.33. The Bertz CT molecular complexity index is 1560. The Hall–Kier alpha value is -3.66.